The summed E-state index contributed by atoms with van der Waals surface area (Å²) in [7, 11) is 0. The Morgan fingerprint density at radius 3 is 2.62 bits per heavy atom. The van der Waals surface area contributed by atoms with Gasteiger partial charge in [-0.05, 0) is 25.3 Å². The first kappa shape index (κ1) is 13.2. The van der Waals surface area contributed by atoms with Gasteiger partial charge in [-0.1, -0.05) is 27.7 Å². The number of hydrogen-bond acceptors (Lipinski definition) is 2. The van der Waals surface area contributed by atoms with E-state index in [1.54, 1.807) is 0 Å². The summed E-state index contributed by atoms with van der Waals surface area (Å²) in [4.78, 5) is 0. The van der Waals surface area contributed by atoms with Crippen LogP contribution in [0.2, 0.25) is 0 Å². The minimum absolute atomic E-state index is 0.375. The summed E-state index contributed by atoms with van der Waals surface area (Å²) in [6.07, 6.45) is 3.15. The van der Waals surface area contributed by atoms with Gasteiger partial charge in [0.15, 0.2) is 0 Å². The van der Waals surface area contributed by atoms with E-state index in [9.17, 15) is 0 Å². The molecule has 3 heteroatoms. The van der Waals surface area contributed by atoms with Crippen molar-refractivity contribution in [3.8, 4) is 0 Å². The highest BCUT2D eigenvalue weighted by Crippen LogP contribution is 2.20. The van der Waals surface area contributed by atoms with E-state index in [0.717, 1.165) is 26.1 Å². The second-order valence-corrected chi connectivity index (χ2v) is 5.57. The molecule has 0 saturated carbocycles. The van der Waals surface area contributed by atoms with Crippen LogP contribution in [-0.2, 0) is 13.1 Å². The number of nitrogens with one attached hydrogen (secondary N) is 1. The van der Waals surface area contributed by atoms with Crippen LogP contribution in [0.1, 0.15) is 45.4 Å². The molecule has 0 unspecified atom stereocenters. The van der Waals surface area contributed by atoms with Crippen molar-refractivity contribution in [1.29, 1.82) is 0 Å². The van der Waals surface area contributed by atoms with Crippen molar-refractivity contribution in [1.82, 2.24) is 15.1 Å². The molecule has 0 aromatic carbocycles. The van der Waals surface area contributed by atoms with Crippen LogP contribution in [0.25, 0.3) is 0 Å². The number of nitrogens with zero attached hydrogens (tertiary/aromatic N) is 2. The molecule has 1 rings (SSSR count). The lowest BCUT2D eigenvalue weighted by atomic mass is 9.92. The number of aryl methyl sites for hydroxylation is 1. The van der Waals surface area contributed by atoms with Gasteiger partial charge in [0.05, 0.1) is 6.20 Å². The molecule has 1 N–H and O–H groups in total. The Bertz CT molecular complexity index is 320. The predicted molar refractivity (Wildman–Crippen MR) is 68.4 cm³/mol. The molecule has 0 radical (unpaired) electrons. The van der Waals surface area contributed by atoms with E-state index in [4.69, 9.17) is 0 Å². The molecule has 0 aliphatic heterocycles. The topological polar surface area (TPSA) is 29.9 Å². The molecule has 16 heavy (non-hydrogen) atoms. The van der Waals surface area contributed by atoms with Crippen molar-refractivity contribution in [3.63, 3.8) is 0 Å². The van der Waals surface area contributed by atoms with Gasteiger partial charge in [-0.3, -0.25) is 4.68 Å². The molecule has 0 amide bonds. The fourth-order valence-corrected chi connectivity index (χ4v) is 1.59. The summed E-state index contributed by atoms with van der Waals surface area (Å²) in [5, 5.41) is 7.79. The maximum atomic E-state index is 4.45. The molecule has 0 saturated heterocycles. The first-order valence-corrected chi connectivity index (χ1v) is 6.16. The fraction of sp³-hybridized carbons (Fsp3) is 0.769. The SMILES string of the molecule is CCNCc1cnn(CCC(C)(C)C)c1C. The lowest BCUT2D eigenvalue weighted by Gasteiger charge is -2.18. The highest BCUT2D eigenvalue weighted by Gasteiger charge is 2.12. The van der Waals surface area contributed by atoms with Crippen LogP contribution in [-0.4, -0.2) is 16.3 Å². The van der Waals surface area contributed by atoms with Crippen molar-refractivity contribution in [3.05, 3.63) is 17.5 Å². The fourth-order valence-electron chi connectivity index (χ4n) is 1.59. The zero-order valence-electron chi connectivity index (χ0n) is 11.3. The number of aromatic nitrogens is 2. The third-order valence-corrected chi connectivity index (χ3v) is 2.84. The Morgan fingerprint density at radius 2 is 2.06 bits per heavy atom. The Morgan fingerprint density at radius 1 is 1.38 bits per heavy atom. The third-order valence-electron chi connectivity index (χ3n) is 2.84. The summed E-state index contributed by atoms with van der Waals surface area (Å²) in [5.74, 6) is 0. The van der Waals surface area contributed by atoms with Gasteiger partial charge in [-0.2, -0.15) is 5.10 Å². The van der Waals surface area contributed by atoms with Crippen molar-refractivity contribution in [2.45, 2.75) is 54.1 Å². The summed E-state index contributed by atoms with van der Waals surface area (Å²) in [6.45, 7) is 14.0. The lowest BCUT2D eigenvalue weighted by molar-refractivity contribution is 0.339. The highest BCUT2D eigenvalue weighted by atomic mass is 15.3. The van der Waals surface area contributed by atoms with Crippen LogP contribution in [0.15, 0.2) is 6.20 Å². The van der Waals surface area contributed by atoms with Crippen LogP contribution in [0, 0.1) is 12.3 Å². The Kier molecular flexibility index (Phi) is 4.54. The summed E-state index contributed by atoms with van der Waals surface area (Å²) >= 11 is 0. The molecule has 0 fully saturated rings. The quantitative estimate of drug-likeness (QED) is 0.832. The maximum Gasteiger partial charge on any atom is 0.0537 e. The van der Waals surface area contributed by atoms with Crippen LogP contribution < -0.4 is 5.32 Å². The predicted octanol–water partition coefficient (Wildman–Crippen LogP) is 2.74. The summed E-state index contributed by atoms with van der Waals surface area (Å²) in [5.41, 5.74) is 2.99. The first-order valence-electron chi connectivity index (χ1n) is 6.16. The summed E-state index contributed by atoms with van der Waals surface area (Å²) < 4.78 is 2.12. The standard InChI is InChI=1S/C13H25N3/c1-6-14-9-12-10-15-16(11(12)2)8-7-13(3,4)5/h10,14H,6-9H2,1-5H3. The second kappa shape index (κ2) is 5.48. The largest absolute Gasteiger partial charge is 0.313 e. The van der Waals surface area contributed by atoms with Crippen molar-refractivity contribution < 1.29 is 0 Å². The number of rotatable bonds is 5. The van der Waals surface area contributed by atoms with E-state index in [-0.39, 0.29) is 0 Å². The molecule has 1 aromatic rings. The minimum Gasteiger partial charge on any atom is -0.313 e. The summed E-state index contributed by atoms with van der Waals surface area (Å²) in [6, 6.07) is 0. The van der Waals surface area contributed by atoms with Gasteiger partial charge in [0, 0.05) is 24.3 Å². The normalized spacial score (nSPS) is 12.1. The van der Waals surface area contributed by atoms with Crippen LogP contribution in [0.4, 0.5) is 0 Å². The van der Waals surface area contributed by atoms with E-state index in [2.05, 4.69) is 49.7 Å². The highest BCUT2D eigenvalue weighted by molar-refractivity contribution is 5.15. The van der Waals surface area contributed by atoms with Gasteiger partial charge in [0.25, 0.3) is 0 Å². The smallest absolute Gasteiger partial charge is 0.0537 e. The Hall–Kier alpha value is -0.830. The van der Waals surface area contributed by atoms with Crippen molar-refractivity contribution >= 4 is 0 Å². The van der Waals surface area contributed by atoms with Crippen molar-refractivity contribution in [2.24, 2.45) is 5.41 Å². The van der Waals surface area contributed by atoms with Gasteiger partial charge >= 0.3 is 0 Å². The zero-order chi connectivity index (χ0) is 12.2. The molecule has 0 atom stereocenters. The van der Waals surface area contributed by atoms with Gasteiger partial charge in [-0.25, -0.2) is 0 Å². The van der Waals surface area contributed by atoms with Crippen LogP contribution >= 0.6 is 0 Å². The van der Waals surface area contributed by atoms with E-state index in [1.807, 2.05) is 6.20 Å². The molecule has 0 aliphatic carbocycles. The molecule has 3 nitrogen and oxygen atoms in total. The van der Waals surface area contributed by atoms with E-state index in [1.165, 1.54) is 11.3 Å². The zero-order valence-corrected chi connectivity index (χ0v) is 11.3. The van der Waals surface area contributed by atoms with Crippen molar-refractivity contribution in [2.75, 3.05) is 6.54 Å². The molecule has 92 valence electrons. The van der Waals surface area contributed by atoms with E-state index < -0.39 is 0 Å². The first-order chi connectivity index (χ1) is 7.44. The number of hydrogen-bond donors (Lipinski definition) is 1. The molecule has 0 bridgehead atoms. The Labute approximate surface area is 99.2 Å². The minimum atomic E-state index is 0.375. The third kappa shape index (κ3) is 3.97. The molecule has 0 aliphatic rings. The lowest BCUT2D eigenvalue weighted by Crippen LogP contribution is -2.14. The van der Waals surface area contributed by atoms with E-state index >= 15 is 0 Å². The second-order valence-electron chi connectivity index (χ2n) is 5.57. The van der Waals surface area contributed by atoms with Gasteiger partial charge < -0.3 is 5.32 Å². The van der Waals surface area contributed by atoms with Crippen LogP contribution in [0.5, 0.6) is 0 Å². The monoisotopic (exact) mass is 223 g/mol. The average Bonchev–Trinajstić information content (AvgIpc) is 2.53. The Balaban J connectivity index is 2.58. The molecular formula is C13H25N3. The molecule has 1 aromatic heterocycles. The van der Waals surface area contributed by atoms with Gasteiger partial charge in [-0.15, -0.1) is 0 Å². The van der Waals surface area contributed by atoms with Gasteiger partial charge in [0.1, 0.15) is 0 Å². The molecule has 1 heterocycles. The van der Waals surface area contributed by atoms with Gasteiger partial charge in [0.2, 0.25) is 0 Å². The maximum absolute atomic E-state index is 4.45. The molecular weight excluding hydrogens is 198 g/mol. The van der Waals surface area contributed by atoms with Crippen LogP contribution in [0.3, 0.4) is 0 Å². The molecule has 0 spiro atoms. The average molecular weight is 223 g/mol. The van der Waals surface area contributed by atoms with E-state index in [0.29, 0.717) is 5.41 Å².